The fourth-order valence-corrected chi connectivity index (χ4v) is 5.70. The summed E-state index contributed by atoms with van der Waals surface area (Å²) < 4.78 is 0. The largest absolute Gasteiger partial charge is 0.0918 e. The Hall–Kier alpha value is -5.20. The van der Waals surface area contributed by atoms with E-state index in [1.54, 1.807) is 0 Å². The molecule has 0 radical (unpaired) electrons. The molecule has 0 aliphatic heterocycles. The number of hydrogen-bond acceptors (Lipinski definition) is 0. The topological polar surface area (TPSA) is 0 Å². The molecule has 5 aromatic carbocycles. The molecule has 0 spiro atoms. The van der Waals surface area contributed by atoms with Crippen LogP contribution in [0.2, 0.25) is 0 Å². The summed E-state index contributed by atoms with van der Waals surface area (Å²) in [7, 11) is 0. The molecule has 216 valence electrons. The molecule has 0 heteroatoms. The molecule has 0 saturated heterocycles. The van der Waals surface area contributed by atoms with E-state index < -0.39 is 0 Å². The van der Waals surface area contributed by atoms with Gasteiger partial charge in [-0.2, -0.15) is 0 Å². The van der Waals surface area contributed by atoms with Crippen LogP contribution in [0.1, 0.15) is 33.3 Å². The van der Waals surface area contributed by atoms with Gasteiger partial charge < -0.3 is 0 Å². The first-order valence-corrected chi connectivity index (χ1v) is 15.2. The van der Waals surface area contributed by atoms with Crippen LogP contribution in [0.25, 0.3) is 62.5 Å². The first-order valence-electron chi connectivity index (χ1n) is 15.2. The van der Waals surface area contributed by atoms with E-state index in [1.807, 2.05) is 31.2 Å². The van der Waals surface area contributed by atoms with E-state index in [1.165, 1.54) is 55.0 Å². The van der Waals surface area contributed by atoms with Crippen LogP contribution in [-0.4, -0.2) is 0 Å². The van der Waals surface area contributed by atoms with Crippen molar-refractivity contribution in [1.82, 2.24) is 0 Å². The van der Waals surface area contributed by atoms with Crippen LogP contribution in [0.3, 0.4) is 0 Å². The Morgan fingerprint density at radius 2 is 1.09 bits per heavy atom. The molecule has 0 fully saturated rings. The molecular weight excluding hydrogens is 528 g/mol. The zero-order valence-electron chi connectivity index (χ0n) is 26.3. The van der Waals surface area contributed by atoms with Gasteiger partial charge in [-0.25, -0.2) is 0 Å². The smallest absolute Gasteiger partial charge is 0.00262 e. The van der Waals surface area contributed by atoms with Crippen molar-refractivity contribution in [1.29, 1.82) is 0 Å². The van der Waals surface area contributed by atoms with E-state index in [4.69, 9.17) is 0 Å². The maximum Gasteiger partial charge on any atom is -0.00262 e. The van der Waals surface area contributed by atoms with Crippen molar-refractivity contribution in [3.05, 3.63) is 173 Å². The fraction of sp³-hybridized carbons (Fsp3) is 0.0909. The van der Waals surface area contributed by atoms with Crippen molar-refractivity contribution in [2.24, 2.45) is 0 Å². The highest BCUT2D eigenvalue weighted by atomic mass is 14.2. The molecule has 5 aromatic rings. The highest BCUT2D eigenvalue weighted by molar-refractivity contribution is 6.18. The summed E-state index contributed by atoms with van der Waals surface area (Å²) in [6.45, 7) is 17.1. The Kier molecular flexibility index (Phi) is 9.52. The lowest BCUT2D eigenvalue weighted by Gasteiger charge is -2.18. The Bertz CT molecular complexity index is 2070. The van der Waals surface area contributed by atoms with Gasteiger partial charge in [0.1, 0.15) is 0 Å². The number of benzene rings is 4. The maximum absolute atomic E-state index is 4.39. The molecule has 0 aromatic heterocycles. The molecule has 0 aliphatic carbocycles. The van der Waals surface area contributed by atoms with E-state index >= 15 is 0 Å². The van der Waals surface area contributed by atoms with Gasteiger partial charge in [0.2, 0.25) is 0 Å². The van der Waals surface area contributed by atoms with Gasteiger partial charge in [0, 0.05) is 0 Å². The summed E-state index contributed by atoms with van der Waals surface area (Å²) in [5, 5.41) is 6.93. The number of fused-ring (bicyclic) bond motifs is 2. The van der Waals surface area contributed by atoms with Crippen molar-refractivity contribution in [3.8, 4) is 22.3 Å². The molecular formula is C44H40. The molecule has 0 atom stereocenters. The summed E-state index contributed by atoms with van der Waals surface area (Å²) in [6, 6.07) is 40.8. The van der Waals surface area contributed by atoms with Gasteiger partial charge in [0.25, 0.3) is 0 Å². The molecule has 0 unspecified atom stereocenters. The lowest BCUT2D eigenvalue weighted by atomic mass is 9.85. The minimum Gasteiger partial charge on any atom is -0.0918 e. The second kappa shape index (κ2) is 13.8. The monoisotopic (exact) mass is 568 g/mol. The quantitative estimate of drug-likeness (QED) is 0.141. The van der Waals surface area contributed by atoms with Gasteiger partial charge in [0.15, 0.2) is 0 Å². The highest BCUT2D eigenvalue weighted by Gasteiger charge is 2.16. The molecule has 0 saturated carbocycles. The number of allylic oxidation sites excluding steroid dienone is 8. The molecule has 0 N–H and O–H groups in total. The first kappa shape index (κ1) is 30.3. The molecule has 0 nitrogen and oxygen atoms in total. The zero-order valence-corrected chi connectivity index (χ0v) is 26.3. The molecule has 0 aliphatic rings. The second-order valence-corrected chi connectivity index (χ2v) is 11.3. The normalized spacial score (nSPS) is 12.6. The molecule has 0 amide bonds. The summed E-state index contributed by atoms with van der Waals surface area (Å²) in [5.74, 6) is 0. The standard InChI is InChI=1S/C44H40/c1-7-8-19-32(3)33(4)28-29-35(6)43-39-23-11-13-25-41(39)44(42-26-14-12-24-40(42)43)37-22-16-21-36(30-37)38-27-15-18-31(2)17-9-10-20-34(38)5/h7-30H,2,5H2,1,3-4,6H3/b8-7-,17-9?,18-15?,20-10?,32-19+,33-28+,35-29+,38-27?. The highest BCUT2D eigenvalue weighted by Crippen LogP contribution is 2.42. The fourth-order valence-electron chi connectivity index (χ4n) is 5.70. The number of rotatable bonds is 6. The van der Waals surface area contributed by atoms with Crippen LogP contribution in [0.15, 0.2) is 157 Å². The third-order valence-corrected chi connectivity index (χ3v) is 8.17. The third kappa shape index (κ3) is 6.56. The third-order valence-electron chi connectivity index (χ3n) is 8.17. The van der Waals surface area contributed by atoms with E-state index in [0.29, 0.717) is 0 Å². The van der Waals surface area contributed by atoms with Gasteiger partial charge >= 0.3 is 0 Å². The summed E-state index contributed by atoms with van der Waals surface area (Å²) in [6.07, 6.45) is 10.8. The maximum atomic E-state index is 4.39. The Morgan fingerprint density at radius 3 is 1.77 bits per heavy atom. The average Bonchev–Trinajstić information content (AvgIpc) is 3.04. The van der Waals surface area contributed by atoms with Gasteiger partial charge in [-0.3, -0.25) is 0 Å². The second-order valence-electron chi connectivity index (χ2n) is 11.3. The Labute approximate surface area is 262 Å². The Morgan fingerprint density at radius 1 is 0.545 bits per heavy atom. The van der Waals surface area contributed by atoms with Crippen LogP contribution in [0, 0.1) is 0 Å². The summed E-state index contributed by atoms with van der Waals surface area (Å²) >= 11 is 0. The Balaban J connectivity index is 1.75. The van der Waals surface area contributed by atoms with Crippen LogP contribution in [-0.2, 0) is 0 Å². The lowest BCUT2D eigenvalue weighted by molar-refractivity contribution is 1.34. The SMILES string of the molecule is C=c1ccccc(=C)c(-c2cccc(-c3c4ccccc4c(/C(C)=C/C=C(C)/C(C)=C/C=C\C)c4ccccc34)c2)ccc1. The van der Waals surface area contributed by atoms with Crippen molar-refractivity contribution < 1.29 is 0 Å². The predicted octanol–water partition coefficient (Wildman–Crippen LogP) is 11.1. The summed E-state index contributed by atoms with van der Waals surface area (Å²) in [4.78, 5) is 0. The minimum absolute atomic E-state index is 0.958. The molecule has 44 heavy (non-hydrogen) atoms. The van der Waals surface area contributed by atoms with Crippen molar-refractivity contribution in [2.75, 3.05) is 0 Å². The zero-order chi connectivity index (χ0) is 31.1. The first-order chi connectivity index (χ1) is 21.4. The molecule has 0 bridgehead atoms. The van der Waals surface area contributed by atoms with E-state index in [2.05, 4.69) is 155 Å². The molecule has 0 heterocycles. The number of hydrogen-bond donors (Lipinski definition) is 0. The van der Waals surface area contributed by atoms with Crippen LogP contribution < -0.4 is 10.4 Å². The van der Waals surface area contributed by atoms with Crippen LogP contribution in [0.4, 0.5) is 0 Å². The van der Waals surface area contributed by atoms with Gasteiger partial charge in [-0.05, 0) is 110 Å². The average molecular weight is 569 g/mol. The minimum atomic E-state index is 0.958. The van der Waals surface area contributed by atoms with E-state index in [9.17, 15) is 0 Å². The van der Waals surface area contributed by atoms with Gasteiger partial charge in [0.05, 0.1) is 0 Å². The van der Waals surface area contributed by atoms with E-state index in [-0.39, 0.29) is 0 Å². The summed E-state index contributed by atoms with van der Waals surface area (Å²) in [5.41, 5.74) is 9.70. The van der Waals surface area contributed by atoms with Crippen LogP contribution >= 0.6 is 0 Å². The van der Waals surface area contributed by atoms with Gasteiger partial charge in [-0.15, -0.1) is 0 Å². The van der Waals surface area contributed by atoms with Crippen molar-refractivity contribution >= 4 is 40.3 Å². The van der Waals surface area contributed by atoms with Crippen LogP contribution in [0.5, 0.6) is 0 Å². The molecule has 5 rings (SSSR count). The predicted molar refractivity (Wildman–Crippen MR) is 196 cm³/mol. The lowest BCUT2D eigenvalue weighted by Crippen LogP contribution is -2.00. The van der Waals surface area contributed by atoms with Crippen molar-refractivity contribution in [2.45, 2.75) is 27.7 Å². The van der Waals surface area contributed by atoms with Crippen molar-refractivity contribution in [3.63, 3.8) is 0 Å². The van der Waals surface area contributed by atoms with E-state index in [0.717, 1.165) is 21.6 Å². The van der Waals surface area contributed by atoms with Gasteiger partial charge in [-0.1, -0.05) is 153 Å².